The van der Waals surface area contributed by atoms with Crippen molar-refractivity contribution in [3.63, 3.8) is 0 Å². The molecule has 0 aliphatic carbocycles. The lowest BCUT2D eigenvalue weighted by Gasteiger charge is -2.11. The predicted octanol–water partition coefficient (Wildman–Crippen LogP) is 3.64. The summed E-state index contributed by atoms with van der Waals surface area (Å²) in [5.74, 6) is 0. The Morgan fingerprint density at radius 1 is 1.21 bits per heavy atom. The number of carbonyl (C=O) groups is 1. The van der Waals surface area contributed by atoms with Crippen LogP contribution in [-0.2, 0) is 13.0 Å². The molecule has 0 bridgehead atoms. The summed E-state index contributed by atoms with van der Waals surface area (Å²) in [6.45, 7) is 2.43. The second-order valence-electron chi connectivity index (χ2n) is 5.95. The summed E-state index contributed by atoms with van der Waals surface area (Å²) in [7, 11) is 0. The molecule has 0 saturated heterocycles. The van der Waals surface area contributed by atoms with Gasteiger partial charge < -0.3 is 20.8 Å². The van der Waals surface area contributed by atoms with Crippen LogP contribution < -0.4 is 16.4 Å². The zero-order valence-electron chi connectivity index (χ0n) is 13.6. The Morgan fingerprint density at radius 2 is 2.00 bits per heavy atom. The lowest BCUT2D eigenvalue weighted by molar-refractivity contribution is 0.251. The molecule has 2 aromatic carbocycles. The highest BCUT2D eigenvalue weighted by Gasteiger charge is 2.11. The molecule has 1 heterocycles. The minimum atomic E-state index is -0.242. The Kier molecular flexibility index (Phi) is 4.82. The number of fused-ring (bicyclic) bond motifs is 1. The molecular weight excluding hydrogens is 302 g/mol. The maximum absolute atomic E-state index is 12.1. The van der Waals surface area contributed by atoms with Crippen molar-refractivity contribution in [2.24, 2.45) is 5.73 Å². The van der Waals surface area contributed by atoms with Crippen LogP contribution >= 0.6 is 0 Å². The minimum Gasteiger partial charge on any atom is -0.464 e. The first-order valence-electron chi connectivity index (χ1n) is 7.96. The number of nitrogens with one attached hydrogen (secondary N) is 2. The number of amides is 2. The number of hydrogen-bond donors (Lipinski definition) is 3. The molecule has 0 radical (unpaired) electrons. The summed E-state index contributed by atoms with van der Waals surface area (Å²) in [5, 5.41) is 6.68. The highest BCUT2D eigenvalue weighted by Crippen LogP contribution is 2.26. The van der Waals surface area contributed by atoms with E-state index in [2.05, 4.69) is 10.6 Å². The van der Waals surface area contributed by atoms with E-state index in [1.54, 1.807) is 6.26 Å². The van der Waals surface area contributed by atoms with Crippen LogP contribution in [0.2, 0.25) is 0 Å². The molecule has 2 amide bonds. The number of urea groups is 1. The van der Waals surface area contributed by atoms with Crippen LogP contribution in [0.25, 0.3) is 11.0 Å². The summed E-state index contributed by atoms with van der Waals surface area (Å²) in [6, 6.07) is 15.2. The van der Waals surface area contributed by atoms with E-state index in [4.69, 9.17) is 10.2 Å². The third-order valence-electron chi connectivity index (χ3n) is 3.72. The average Bonchev–Trinajstić information content (AvgIpc) is 3.02. The van der Waals surface area contributed by atoms with E-state index in [0.717, 1.165) is 27.8 Å². The van der Waals surface area contributed by atoms with Gasteiger partial charge in [-0.05, 0) is 42.7 Å². The number of carbonyl (C=O) groups excluding carboxylic acids is 1. The maximum Gasteiger partial charge on any atom is 0.319 e. The SMILES string of the molecule is CC(N)Cc1cc(NC(=O)NCc2ccccc2)cc2ccoc12. The Bertz CT molecular complexity index is 825. The molecule has 5 heteroatoms. The van der Waals surface area contributed by atoms with Gasteiger partial charge in [-0.2, -0.15) is 0 Å². The number of anilines is 1. The Labute approximate surface area is 140 Å². The molecule has 0 spiro atoms. The van der Waals surface area contributed by atoms with Gasteiger partial charge in [-0.1, -0.05) is 30.3 Å². The normalized spacial score (nSPS) is 12.1. The highest BCUT2D eigenvalue weighted by molar-refractivity contribution is 5.93. The molecule has 3 aromatic rings. The molecule has 0 aliphatic heterocycles. The van der Waals surface area contributed by atoms with E-state index in [0.29, 0.717) is 13.0 Å². The van der Waals surface area contributed by atoms with Gasteiger partial charge >= 0.3 is 6.03 Å². The largest absolute Gasteiger partial charge is 0.464 e. The molecule has 1 atom stereocenters. The van der Waals surface area contributed by atoms with Gasteiger partial charge in [0, 0.05) is 23.7 Å². The number of hydrogen-bond acceptors (Lipinski definition) is 3. The summed E-state index contributed by atoms with van der Waals surface area (Å²) in [4.78, 5) is 12.1. The molecule has 5 nitrogen and oxygen atoms in total. The van der Waals surface area contributed by atoms with Gasteiger partial charge in [-0.15, -0.1) is 0 Å². The van der Waals surface area contributed by atoms with Gasteiger partial charge in [0.25, 0.3) is 0 Å². The Balaban J connectivity index is 1.71. The van der Waals surface area contributed by atoms with E-state index in [1.807, 2.05) is 55.5 Å². The third-order valence-corrected chi connectivity index (χ3v) is 3.72. The average molecular weight is 323 g/mol. The fourth-order valence-corrected chi connectivity index (χ4v) is 2.68. The molecule has 4 N–H and O–H groups in total. The van der Waals surface area contributed by atoms with Gasteiger partial charge in [0.2, 0.25) is 0 Å². The van der Waals surface area contributed by atoms with Crippen LogP contribution in [0.4, 0.5) is 10.5 Å². The highest BCUT2D eigenvalue weighted by atomic mass is 16.3. The molecule has 1 aromatic heterocycles. The first-order chi connectivity index (χ1) is 11.6. The fourth-order valence-electron chi connectivity index (χ4n) is 2.68. The maximum atomic E-state index is 12.1. The molecule has 0 fully saturated rings. The van der Waals surface area contributed by atoms with Crippen molar-refractivity contribution in [3.8, 4) is 0 Å². The fraction of sp³-hybridized carbons (Fsp3) is 0.211. The van der Waals surface area contributed by atoms with Crippen molar-refractivity contribution in [2.45, 2.75) is 25.9 Å². The third kappa shape index (κ3) is 3.94. The van der Waals surface area contributed by atoms with Gasteiger partial charge in [-0.25, -0.2) is 4.79 Å². The monoisotopic (exact) mass is 323 g/mol. The zero-order chi connectivity index (χ0) is 16.9. The van der Waals surface area contributed by atoms with Crippen LogP contribution in [0.15, 0.2) is 59.2 Å². The molecule has 0 aliphatic rings. The summed E-state index contributed by atoms with van der Waals surface area (Å²) in [6.07, 6.45) is 2.33. The number of rotatable bonds is 5. The molecule has 0 saturated carbocycles. The molecule has 1 unspecified atom stereocenters. The zero-order valence-corrected chi connectivity index (χ0v) is 13.6. The second-order valence-corrected chi connectivity index (χ2v) is 5.95. The van der Waals surface area contributed by atoms with Crippen LogP contribution in [-0.4, -0.2) is 12.1 Å². The van der Waals surface area contributed by atoms with Crippen molar-refractivity contribution in [1.29, 1.82) is 0 Å². The molecule has 24 heavy (non-hydrogen) atoms. The molecule has 124 valence electrons. The van der Waals surface area contributed by atoms with Crippen molar-refractivity contribution in [2.75, 3.05) is 5.32 Å². The second kappa shape index (κ2) is 7.19. The smallest absolute Gasteiger partial charge is 0.319 e. The number of benzene rings is 2. The van der Waals surface area contributed by atoms with Crippen LogP contribution in [0.1, 0.15) is 18.1 Å². The van der Waals surface area contributed by atoms with Gasteiger partial charge in [0.05, 0.1) is 6.26 Å². The van der Waals surface area contributed by atoms with Crippen molar-refractivity contribution < 1.29 is 9.21 Å². The van der Waals surface area contributed by atoms with Gasteiger partial charge in [-0.3, -0.25) is 0 Å². The lowest BCUT2D eigenvalue weighted by Crippen LogP contribution is -2.28. The van der Waals surface area contributed by atoms with Crippen molar-refractivity contribution in [3.05, 3.63) is 65.9 Å². The van der Waals surface area contributed by atoms with Crippen molar-refractivity contribution >= 4 is 22.7 Å². The Morgan fingerprint density at radius 3 is 2.75 bits per heavy atom. The van der Waals surface area contributed by atoms with Gasteiger partial charge in [0.1, 0.15) is 5.58 Å². The van der Waals surface area contributed by atoms with E-state index in [1.165, 1.54) is 0 Å². The first-order valence-corrected chi connectivity index (χ1v) is 7.96. The van der Waals surface area contributed by atoms with Crippen LogP contribution in [0, 0.1) is 0 Å². The van der Waals surface area contributed by atoms with Gasteiger partial charge in [0.15, 0.2) is 0 Å². The molecular formula is C19H21N3O2. The van der Waals surface area contributed by atoms with Crippen molar-refractivity contribution in [1.82, 2.24) is 5.32 Å². The summed E-state index contributed by atoms with van der Waals surface area (Å²) < 4.78 is 5.53. The van der Waals surface area contributed by atoms with Crippen LogP contribution in [0.5, 0.6) is 0 Å². The molecule has 3 rings (SSSR count). The lowest BCUT2D eigenvalue weighted by atomic mass is 10.0. The predicted molar refractivity (Wildman–Crippen MR) is 95.9 cm³/mol. The number of furan rings is 1. The van der Waals surface area contributed by atoms with E-state index < -0.39 is 0 Å². The number of nitrogens with two attached hydrogens (primary N) is 1. The topological polar surface area (TPSA) is 80.3 Å². The Hall–Kier alpha value is -2.79. The quantitative estimate of drug-likeness (QED) is 0.670. The first kappa shape index (κ1) is 16.1. The standard InChI is InChI=1S/C19H21N3O2/c1-13(20)9-16-11-17(10-15-7-8-24-18(15)16)22-19(23)21-12-14-5-3-2-4-6-14/h2-8,10-11,13H,9,12,20H2,1H3,(H2,21,22,23). The summed E-state index contributed by atoms with van der Waals surface area (Å²) in [5.41, 5.74) is 9.50. The summed E-state index contributed by atoms with van der Waals surface area (Å²) >= 11 is 0. The minimum absolute atomic E-state index is 0.0143. The van der Waals surface area contributed by atoms with E-state index in [-0.39, 0.29) is 12.1 Å². The van der Waals surface area contributed by atoms with E-state index >= 15 is 0 Å². The van der Waals surface area contributed by atoms with E-state index in [9.17, 15) is 4.79 Å². The van der Waals surface area contributed by atoms with Crippen LogP contribution in [0.3, 0.4) is 0 Å².